The number of benzene rings is 2. The number of halogens is 2. The van der Waals surface area contributed by atoms with Gasteiger partial charge in [-0.25, -0.2) is 4.79 Å². The first-order valence-electron chi connectivity index (χ1n) is 9.76. The third-order valence-corrected chi connectivity index (χ3v) is 5.61. The van der Waals surface area contributed by atoms with Gasteiger partial charge in [0.05, 0.1) is 12.1 Å². The number of rotatable bonds is 7. The molecule has 0 saturated carbocycles. The average molecular weight is 451 g/mol. The molecule has 8 heteroatoms. The van der Waals surface area contributed by atoms with Gasteiger partial charge in [-0.1, -0.05) is 60.8 Å². The van der Waals surface area contributed by atoms with Gasteiger partial charge in [0.1, 0.15) is 19.3 Å². The summed E-state index contributed by atoms with van der Waals surface area (Å²) in [4.78, 5) is 26.0. The number of amides is 2. The van der Waals surface area contributed by atoms with Crippen molar-refractivity contribution in [3.63, 3.8) is 0 Å². The second-order valence-electron chi connectivity index (χ2n) is 7.15. The minimum absolute atomic E-state index is 0.0202. The van der Waals surface area contributed by atoms with E-state index in [1.54, 1.807) is 29.2 Å². The SMILES string of the molecule is CCC[C@H](COC(N)=O)N1C(=O)CO[C@H](c2ccc(Cl)cc2)[C@@H]1c1ccc(Cl)cc1. The number of primary amides is 1. The Hall–Kier alpha value is -2.28. The van der Waals surface area contributed by atoms with Gasteiger partial charge < -0.3 is 20.1 Å². The van der Waals surface area contributed by atoms with Crippen LogP contribution in [-0.2, 0) is 14.3 Å². The Bertz CT molecular complexity index is 874. The van der Waals surface area contributed by atoms with Crippen molar-refractivity contribution in [1.29, 1.82) is 0 Å². The maximum atomic E-state index is 13.0. The normalized spacial score (nSPS) is 20.1. The van der Waals surface area contributed by atoms with Crippen LogP contribution in [-0.4, -0.2) is 36.2 Å². The molecule has 6 nitrogen and oxygen atoms in total. The quantitative estimate of drug-likeness (QED) is 0.650. The predicted molar refractivity (Wildman–Crippen MR) is 115 cm³/mol. The lowest BCUT2D eigenvalue weighted by Gasteiger charge is -2.45. The fraction of sp³-hybridized carbons (Fsp3) is 0.364. The van der Waals surface area contributed by atoms with Gasteiger partial charge in [0.2, 0.25) is 5.91 Å². The van der Waals surface area contributed by atoms with Crippen LogP contribution < -0.4 is 5.73 Å². The van der Waals surface area contributed by atoms with Crippen LogP contribution in [0.4, 0.5) is 4.79 Å². The number of hydrogen-bond donors (Lipinski definition) is 1. The summed E-state index contributed by atoms with van der Waals surface area (Å²) in [5.74, 6) is -0.174. The molecule has 2 aromatic carbocycles. The lowest BCUT2D eigenvalue weighted by Crippen LogP contribution is -2.52. The maximum absolute atomic E-state index is 13.0. The second-order valence-corrected chi connectivity index (χ2v) is 8.03. The Morgan fingerprint density at radius 1 is 1.13 bits per heavy atom. The van der Waals surface area contributed by atoms with Crippen LogP contribution in [0.15, 0.2) is 48.5 Å². The van der Waals surface area contributed by atoms with Gasteiger partial charge in [0.15, 0.2) is 0 Å². The summed E-state index contributed by atoms with van der Waals surface area (Å²) in [6, 6.07) is 13.9. The van der Waals surface area contributed by atoms with Crippen LogP contribution in [0.25, 0.3) is 0 Å². The van der Waals surface area contributed by atoms with E-state index in [9.17, 15) is 9.59 Å². The summed E-state index contributed by atoms with van der Waals surface area (Å²) < 4.78 is 11.1. The number of carbonyl (C=O) groups is 2. The van der Waals surface area contributed by atoms with Crippen molar-refractivity contribution < 1.29 is 19.1 Å². The monoisotopic (exact) mass is 450 g/mol. The Labute approximate surface area is 185 Å². The van der Waals surface area contributed by atoms with E-state index in [1.807, 2.05) is 31.2 Å². The van der Waals surface area contributed by atoms with E-state index in [2.05, 4.69) is 0 Å². The molecule has 160 valence electrons. The van der Waals surface area contributed by atoms with Gasteiger partial charge in [-0.05, 0) is 41.8 Å². The minimum atomic E-state index is -0.867. The molecule has 1 fully saturated rings. The highest BCUT2D eigenvalue weighted by Crippen LogP contribution is 2.42. The van der Waals surface area contributed by atoms with E-state index < -0.39 is 18.2 Å². The summed E-state index contributed by atoms with van der Waals surface area (Å²) in [5, 5.41) is 1.21. The molecule has 2 aromatic rings. The molecular formula is C22H24Cl2N2O4. The lowest BCUT2D eigenvalue weighted by molar-refractivity contribution is -0.165. The highest BCUT2D eigenvalue weighted by atomic mass is 35.5. The lowest BCUT2D eigenvalue weighted by atomic mass is 9.91. The Morgan fingerprint density at radius 2 is 1.70 bits per heavy atom. The first-order valence-corrected chi connectivity index (χ1v) is 10.5. The van der Waals surface area contributed by atoms with Crippen LogP contribution in [0.2, 0.25) is 10.0 Å². The summed E-state index contributed by atoms with van der Waals surface area (Å²) in [6.07, 6.45) is 0.162. The molecule has 30 heavy (non-hydrogen) atoms. The van der Waals surface area contributed by atoms with E-state index in [1.165, 1.54) is 0 Å². The average Bonchev–Trinajstić information content (AvgIpc) is 2.72. The molecule has 1 heterocycles. The first-order chi connectivity index (χ1) is 14.4. The highest BCUT2D eigenvalue weighted by molar-refractivity contribution is 6.30. The largest absolute Gasteiger partial charge is 0.448 e. The first kappa shape index (κ1) is 22.4. The minimum Gasteiger partial charge on any atom is -0.448 e. The molecule has 1 aliphatic heterocycles. The standard InChI is InChI=1S/C22H24Cl2N2O4/c1-2-3-18(12-30-22(25)28)26-19(27)13-29-21(15-6-10-17(24)11-7-15)20(26)14-4-8-16(23)9-5-14/h4-11,18,20-21H,2-3,12-13H2,1H3,(H2,25,28)/t18-,20+,21-/m1/s1. The molecule has 3 atom stereocenters. The number of carbonyl (C=O) groups excluding carboxylic acids is 2. The zero-order valence-electron chi connectivity index (χ0n) is 16.6. The van der Waals surface area contributed by atoms with Gasteiger partial charge >= 0.3 is 6.09 Å². The van der Waals surface area contributed by atoms with Gasteiger partial charge in [-0.2, -0.15) is 0 Å². The number of morpholine rings is 1. The number of ether oxygens (including phenoxy) is 2. The van der Waals surface area contributed by atoms with E-state index in [0.29, 0.717) is 16.5 Å². The van der Waals surface area contributed by atoms with E-state index in [-0.39, 0.29) is 25.2 Å². The van der Waals surface area contributed by atoms with Crippen molar-refractivity contribution in [3.05, 3.63) is 69.7 Å². The second kappa shape index (κ2) is 10.2. The highest BCUT2D eigenvalue weighted by Gasteiger charge is 2.42. The molecular weight excluding hydrogens is 427 g/mol. The van der Waals surface area contributed by atoms with Crippen molar-refractivity contribution in [2.24, 2.45) is 5.73 Å². The molecule has 0 bridgehead atoms. The third kappa shape index (κ3) is 5.25. The van der Waals surface area contributed by atoms with Crippen LogP contribution in [0.3, 0.4) is 0 Å². The van der Waals surface area contributed by atoms with Crippen molar-refractivity contribution in [1.82, 2.24) is 4.90 Å². The number of nitrogens with zero attached hydrogens (tertiary/aromatic N) is 1. The molecule has 0 spiro atoms. The molecule has 2 amide bonds. The Balaban J connectivity index is 2.05. The van der Waals surface area contributed by atoms with Crippen LogP contribution in [0.5, 0.6) is 0 Å². The zero-order chi connectivity index (χ0) is 21.7. The molecule has 1 aliphatic rings. The van der Waals surface area contributed by atoms with Gasteiger partial charge in [-0.3, -0.25) is 4.79 Å². The van der Waals surface area contributed by atoms with Gasteiger partial charge in [-0.15, -0.1) is 0 Å². The number of nitrogens with two attached hydrogens (primary N) is 1. The maximum Gasteiger partial charge on any atom is 0.404 e. The van der Waals surface area contributed by atoms with E-state index in [0.717, 1.165) is 17.5 Å². The summed E-state index contributed by atoms with van der Waals surface area (Å²) in [5.41, 5.74) is 6.94. The molecule has 0 unspecified atom stereocenters. The molecule has 2 N–H and O–H groups in total. The van der Waals surface area contributed by atoms with Crippen LogP contribution in [0, 0.1) is 0 Å². The van der Waals surface area contributed by atoms with Crippen molar-refractivity contribution in [2.75, 3.05) is 13.2 Å². The predicted octanol–water partition coefficient (Wildman–Crippen LogP) is 4.90. The topological polar surface area (TPSA) is 81.9 Å². The van der Waals surface area contributed by atoms with Crippen LogP contribution in [0.1, 0.15) is 43.0 Å². The molecule has 3 rings (SSSR count). The molecule has 0 radical (unpaired) electrons. The third-order valence-electron chi connectivity index (χ3n) is 5.10. The van der Waals surface area contributed by atoms with Crippen LogP contribution >= 0.6 is 23.2 Å². The summed E-state index contributed by atoms with van der Waals surface area (Å²) in [7, 11) is 0. The fourth-order valence-electron chi connectivity index (χ4n) is 3.80. The smallest absolute Gasteiger partial charge is 0.404 e. The molecule has 1 saturated heterocycles. The van der Waals surface area contributed by atoms with E-state index >= 15 is 0 Å². The van der Waals surface area contributed by atoms with Crippen molar-refractivity contribution in [3.8, 4) is 0 Å². The molecule has 0 aromatic heterocycles. The zero-order valence-corrected chi connectivity index (χ0v) is 18.1. The Morgan fingerprint density at radius 3 is 2.23 bits per heavy atom. The summed E-state index contributed by atoms with van der Waals surface area (Å²) >= 11 is 12.1. The van der Waals surface area contributed by atoms with Crippen molar-refractivity contribution >= 4 is 35.2 Å². The van der Waals surface area contributed by atoms with Crippen molar-refractivity contribution in [2.45, 2.75) is 38.0 Å². The Kier molecular flexibility index (Phi) is 7.58. The molecule has 0 aliphatic carbocycles. The van der Waals surface area contributed by atoms with E-state index in [4.69, 9.17) is 38.4 Å². The van der Waals surface area contributed by atoms with Gasteiger partial charge in [0, 0.05) is 10.0 Å². The van der Waals surface area contributed by atoms with Gasteiger partial charge in [0.25, 0.3) is 0 Å². The summed E-state index contributed by atoms with van der Waals surface area (Å²) in [6.45, 7) is 1.96. The fourth-order valence-corrected chi connectivity index (χ4v) is 4.05. The number of hydrogen-bond acceptors (Lipinski definition) is 4.